The molecule has 0 radical (unpaired) electrons. The van der Waals surface area contributed by atoms with Gasteiger partial charge in [0.15, 0.2) is 5.01 Å². The van der Waals surface area contributed by atoms with Crippen molar-refractivity contribution in [2.75, 3.05) is 26.3 Å². The molecule has 1 amide bonds. The van der Waals surface area contributed by atoms with Crippen LogP contribution in [0.15, 0.2) is 36.8 Å². The number of rotatable bonds is 3. The summed E-state index contributed by atoms with van der Waals surface area (Å²) >= 11 is 1.62. The number of thiazole rings is 1. The van der Waals surface area contributed by atoms with Crippen molar-refractivity contribution in [1.29, 1.82) is 0 Å². The number of piperidine rings is 1. The lowest BCUT2D eigenvalue weighted by Crippen LogP contribution is -2.40. The van der Waals surface area contributed by atoms with E-state index in [1.807, 2.05) is 17.3 Å². The molecule has 2 aromatic heterocycles. The first kappa shape index (κ1) is 21.9. The first-order chi connectivity index (χ1) is 16.2. The maximum Gasteiger partial charge on any atom is 0.219 e. The maximum absolute atomic E-state index is 11.6. The zero-order chi connectivity index (χ0) is 22.6. The topological polar surface area (TPSA) is 64.6 Å². The zero-order valence-electron chi connectivity index (χ0n) is 18.8. The molecule has 0 unspecified atom stereocenters. The first-order valence-electron chi connectivity index (χ1n) is 11.5. The van der Waals surface area contributed by atoms with E-state index in [2.05, 4.69) is 40.0 Å². The minimum Gasteiger partial charge on any atom is -0.488 e. The highest BCUT2D eigenvalue weighted by atomic mass is 32.1. The van der Waals surface area contributed by atoms with Gasteiger partial charge in [0, 0.05) is 75.2 Å². The number of hydrogen-bond donors (Lipinski definition) is 0. The monoisotopic (exact) mass is 461 g/mol. The number of ether oxygens (including phenoxy) is 2. The Morgan fingerprint density at radius 3 is 2.76 bits per heavy atom. The number of carbonyl (C=O) groups excluding carboxylic acids is 1. The lowest BCUT2D eigenvalue weighted by Gasteiger charge is -2.31. The number of nitrogens with zero attached hydrogens (tertiary/aromatic N) is 3. The molecule has 0 bridgehead atoms. The molecule has 2 aliphatic rings. The Morgan fingerprint density at radius 2 is 1.97 bits per heavy atom. The Kier molecular flexibility index (Phi) is 6.56. The first-order valence-corrected chi connectivity index (χ1v) is 12.3. The van der Waals surface area contributed by atoms with Gasteiger partial charge in [0.2, 0.25) is 5.91 Å². The van der Waals surface area contributed by atoms with Crippen LogP contribution in [0.3, 0.4) is 0 Å². The van der Waals surface area contributed by atoms with E-state index in [0.29, 0.717) is 5.92 Å². The summed E-state index contributed by atoms with van der Waals surface area (Å²) < 4.78 is 11.8. The Bertz CT molecular complexity index is 1200. The molecule has 4 heterocycles. The van der Waals surface area contributed by atoms with Gasteiger partial charge in [0.05, 0.1) is 11.1 Å². The predicted molar refractivity (Wildman–Crippen MR) is 129 cm³/mol. The van der Waals surface area contributed by atoms with Crippen molar-refractivity contribution in [1.82, 2.24) is 14.9 Å². The molecular formula is C26H27N3O3S. The summed E-state index contributed by atoms with van der Waals surface area (Å²) in [6.07, 6.45) is 9.31. The van der Waals surface area contributed by atoms with Gasteiger partial charge in [-0.1, -0.05) is 18.1 Å². The average molecular weight is 462 g/mol. The molecule has 3 aromatic rings. The largest absolute Gasteiger partial charge is 0.488 e. The third kappa shape index (κ3) is 5.18. The summed E-state index contributed by atoms with van der Waals surface area (Å²) in [6, 6.07) is 6.33. The van der Waals surface area contributed by atoms with Gasteiger partial charge in [0.25, 0.3) is 0 Å². The molecule has 7 heteroatoms. The van der Waals surface area contributed by atoms with Crippen LogP contribution in [0, 0.1) is 17.8 Å². The minimum atomic E-state index is 0.0899. The van der Waals surface area contributed by atoms with Crippen molar-refractivity contribution in [3.05, 3.63) is 41.8 Å². The molecule has 0 atom stereocenters. The highest BCUT2D eigenvalue weighted by Crippen LogP contribution is 2.33. The second kappa shape index (κ2) is 9.90. The van der Waals surface area contributed by atoms with Crippen LogP contribution in [-0.4, -0.2) is 53.2 Å². The van der Waals surface area contributed by atoms with Crippen LogP contribution in [0.2, 0.25) is 0 Å². The van der Waals surface area contributed by atoms with Gasteiger partial charge in [-0.25, -0.2) is 4.98 Å². The van der Waals surface area contributed by atoms with Gasteiger partial charge in [-0.3, -0.25) is 9.78 Å². The molecule has 0 N–H and O–H groups in total. The summed E-state index contributed by atoms with van der Waals surface area (Å²) in [6.45, 7) is 4.70. The van der Waals surface area contributed by atoms with Crippen LogP contribution < -0.4 is 4.74 Å². The summed E-state index contributed by atoms with van der Waals surface area (Å²) in [5, 5.41) is 2.93. The Hall–Kier alpha value is -2.95. The molecule has 0 spiro atoms. The van der Waals surface area contributed by atoms with Gasteiger partial charge in [-0.05, 0) is 30.4 Å². The van der Waals surface area contributed by atoms with Gasteiger partial charge in [-0.2, -0.15) is 0 Å². The SMILES string of the molecule is CC(=O)N1CCC(Oc2cncc3ccc(-c4cnc(C#CC5CCOCC5)s4)cc23)CC1. The molecule has 0 aliphatic carbocycles. The van der Waals surface area contributed by atoms with E-state index in [1.54, 1.807) is 24.5 Å². The normalized spacial score (nSPS) is 17.5. The van der Waals surface area contributed by atoms with E-state index in [1.165, 1.54) is 0 Å². The summed E-state index contributed by atoms with van der Waals surface area (Å²) in [7, 11) is 0. The van der Waals surface area contributed by atoms with Gasteiger partial charge < -0.3 is 14.4 Å². The second-order valence-corrected chi connectivity index (χ2v) is 9.61. The summed E-state index contributed by atoms with van der Waals surface area (Å²) in [4.78, 5) is 23.5. The predicted octanol–water partition coefficient (Wildman–Crippen LogP) is 4.53. The molecule has 33 heavy (non-hydrogen) atoms. The van der Waals surface area contributed by atoms with Crippen LogP contribution in [0.25, 0.3) is 21.2 Å². The lowest BCUT2D eigenvalue weighted by molar-refractivity contribution is -0.130. The van der Waals surface area contributed by atoms with E-state index in [9.17, 15) is 4.79 Å². The molecule has 170 valence electrons. The third-order valence-electron chi connectivity index (χ3n) is 6.30. The highest BCUT2D eigenvalue weighted by Gasteiger charge is 2.22. The maximum atomic E-state index is 11.6. The van der Waals surface area contributed by atoms with Crippen LogP contribution in [0.1, 0.15) is 37.6 Å². The molecule has 2 saturated heterocycles. The van der Waals surface area contributed by atoms with Crippen molar-refractivity contribution < 1.29 is 14.3 Å². The number of carbonyl (C=O) groups is 1. The fraction of sp³-hybridized carbons (Fsp3) is 0.423. The molecule has 2 aliphatic heterocycles. The fourth-order valence-electron chi connectivity index (χ4n) is 4.32. The van der Waals surface area contributed by atoms with Gasteiger partial charge >= 0.3 is 0 Å². The lowest BCUT2D eigenvalue weighted by atomic mass is 10.0. The van der Waals surface area contributed by atoms with E-state index >= 15 is 0 Å². The number of likely N-dealkylation sites (tertiary alicyclic amines) is 1. The fourth-order valence-corrected chi connectivity index (χ4v) is 5.10. The van der Waals surface area contributed by atoms with Crippen molar-refractivity contribution in [2.24, 2.45) is 5.92 Å². The molecule has 2 fully saturated rings. The number of hydrogen-bond acceptors (Lipinski definition) is 6. The van der Waals surface area contributed by atoms with Crippen molar-refractivity contribution in [2.45, 2.75) is 38.7 Å². The van der Waals surface area contributed by atoms with Crippen LogP contribution in [0.4, 0.5) is 0 Å². The summed E-state index contributed by atoms with van der Waals surface area (Å²) in [5.74, 6) is 7.95. The zero-order valence-corrected chi connectivity index (χ0v) is 19.6. The molecule has 6 nitrogen and oxygen atoms in total. The smallest absolute Gasteiger partial charge is 0.219 e. The second-order valence-electron chi connectivity index (χ2n) is 8.58. The quantitative estimate of drug-likeness (QED) is 0.537. The van der Waals surface area contributed by atoms with Crippen molar-refractivity contribution >= 4 is 28.0 Å². The van der Waals surface area contributed by atoms with Gasteiger partial charge in [0.1, 0.15) is 11.9 Å². The van der Waals surface area contributed by atoms with E-state index in [0.717, 1.165) is 84.0 Å². The molecule has 1 aromatic carbocycles. The average Bonchev–Trinajstić information content (AvgIpc) is 3.33. The number of amides is 1. The van der Waals surface area contributed by atoms with E-state index < -0.39 is 0 Å². The Balaban J connectivity index is 1.34. The number of fused-ring (bicyclic) bond motifs is 1. The standard InChI is InChI=1S/C26H27N3O3S/c1-18(30)29-10-6-22(7-11-29)32-24-16-27-15-21-4-3-20(14-23(21)24)25-17-28-26(33-25)5-2-19-8-12-31-13-9-19/h3-4,14-17,19,22H,6-13H2,1H3. The van der Waals surface area contributed by atoms with Crippen LogP contribution in [-0.2, 0) is 9.53 Å². The Labute approximate surface area is 197 Å². The number of aromatic nitrogens is 2. The molecule has 0 saturated carbocycles. The van der Waals surface area contributed by atoms with E-state index in [-0.39, 0.29) is 12.0 Å². The van der Waals surface area contributed by atoms with Crippen molar-refractivity contribution in [3.8, 4) is 28.0 Å². The number of pyridine rings is 1. The Morgan fingerprint density at radius 1 is 1.15 bits per heavy atom. The highest BCUT2D eigenvalue weighted by molar-refractivity contribution is 7.15. The van der Waals surface area contributed by atoms with Crippen LogP contribution in [0.5, 0.6) is 5.75 Å². The van der Waals surface area contributed by atoms with Gasteiger partial charge in [-0.15, -0.1) is 11.3 Å². The van der Waals surface area contributed by atoms with Crippen LogP contribution >= 0.6 is 11.3 Å². The van der Waals surface area contributed by atoms with Crippen molar-refractivity contribution in [3.63, 3.8) is 0 Å². The van der Waals surface area contributed by atoms with E-state index in [4.69, 9.17) is 9.47 Å². The molecular weight excluding hydrogens is 434 g/mol. The minimum absolute atomic E-state index is 0.0899. The third-order valence-corrected chi connectivity index (χ3v) is 7.26. The molecule has 5 rings (SSSR count). The number of benzene rings is 1. The summed E-state index contributed by atoms with van der Waals surface area (Å²) in [5.41, 5.74) is 1.10.